The monoisotopic (exact) mass is 502 g/mol. The molecular weight excluding hydrogens is 474 g/mol. The highest BCUT2D eigenvalue weighted by molar-refractivity contribution is 7.71. The molecule has 0 unspecified atom stereocenters. The summed E-state index contributed by atoms with van der Waals surface area (Å²) in [7, 11) is 0.962. The molecule has 0 aliphatic heterocycles. The molecule has 1 aromatic heterocycles. The number of benzene rings is 2. The van der Waals surface area contributed by atoms with E-state index in [1.165, 1.54) is 6.07 Å². The number of methoxy groups -OCH3 is 1. The zero-order valence-corrected chi connectivity index (χ0v) is 21.4. The normalized spacial score (nSPS) is 11.9. The van der Waals surface area contributed by atoms with Crippen molar-refractivity contribution < 1.29 is 13.7 Å². The molecule has 3 aromatic rings. The van der Waals surface area contributed by atoms with E-state index >= 15 is 0 Å². The number of halogens is 2. The van der Waals surface area contributed by atoms with Crippen LogP contribution in [0.1, 0.15) is 19.7 Å². The molecular formula is C25H29ClFN4O2P. The average molecular weight is 503 g/mol. The Morgan fingerprint density at radius 1 is 1.21 bits per heavy atom. The van der Waals surface area contributed by atoms with E-state index in [2.05, 4.69) is 22.2 Å². The Labute approximate surface area is 204 Å². The zero-order valence-electron chi connectivity index (χ0n) is 19.7. The number of aryl methyl sites for hydroxylation is 1. The number of hydrogen-bond donors (Lipinski definition) is 2. The molecule has 6 nitrogen and oxygen atoms in total. The van der Waals surface area contributed by atoms with Crippen molar-refractivity contribution in [1.29, 1.82) is 0 Å². The second kappa shape index (κ2) is 10.9. The van der Waals surface area contributed by atoms with Crippen LogP contribution in [0.25, 0.3) is 5.70 Å². The van der Waals surface area contributed by atoms with Crippen molar-refractivity contribution in [1.82, 2.24) is 9.55 Å². The molecule has 9 heteroatoms. The maximum atomic E-state index is 14.4. The minimum absolute atomic E-state index is 0.253. The van der Waals surface area contributed by atoms with Gasteiger partial charge in [0, 0.05) is 47.8 Å². The third-order valence-corrected chi connectivity index (χ3v) is 9.05. The van der Waals surface area contributed by atoms with Crippen molar-refractivity contribution in [3.8, 4) is 5.75 Å². The SMILES string of the molecule is C=C(/C=C(/Nc1ccc(Cl)cc1F)c1nccn1C)Nc1ccc(P(=O)(CC)CC)cc1OC. The van der Waals surface area contributed by atoms with Gasteiger partial charge in [-0.05, 0) is 42.5 Å². The molecule has 0 amide bonds. The highest BCUT2D eigenvalue weighted by atomic mass is 35.5. The summed E-state index contributed by atoms with van der Waals surface area (Å²) in [6.45, 7) is 7.97. The predicted octanol–water partition coefficient (Wildman–Crippen LogP) is 6.33. The summed E-state index contributed by atoms with van der Waals surface area (Å²) >= 11 is 5.89. The predicted molar refractivity (Wildman–Crippen MR) is 140 cm³/mol. The molecule has 1 heterocycles. The first-order valence-corrected chi connectivity index (χ1v) is 13.3. The zero-order chi connectivity index (χ0) is 24.9. The molecule has 180 valence electrons. The van der Waals surface area contributed by atoms with Crippen LogP contribution in [0.4, 0.5) is 15.8 Å². The summed E-state index contributed by atoms with van der Waals surface area (Å²) in [5, 5.41) is 7.40. The van der Waals surface area contributed by atoms with Crippen LogP contribution >= 0.6 is 18.7 Å². The van der Waals surface area contributed by atoms with E-state index in [9.17, 15) is 8.96 Å². The van der Waals surface area contributed by atoms with E-state index in [4.69, 9.17) is 16.3 Å². The van der Waals surface area contributed by atoms with Gasteiger partial charge in [-0.1, -0.05) is 32.0 Å². The van der Waals surface area contributed by atoms with Gasteiger partial charge in [-0.15, -0.1) is 0 Å². The Hall–Kier alpha value is -3.02. The smallest absolute Gasteiger partial charge is 0.156 e. The van der Waals surface area contributed by atoms with Crippen molar-refractivity contribution in [2.24, 2.45) is 7.05 Å². The van der Waals surface area contributed by atoms with Gasteiger partial charge in [0.15, 0.2) is 5.82 Å². The molecule has 0 aliphatic carbocycles. The lowest BCUT2D eigenvalue weighted by Gasteiger charge is -2.18. The van der Waals surface area contributed by atoms with Gasteiger partial charge < -0.3 is 24.5 Å². The van der Waals surface area contributed by atoms with Gasteiger partial charge in [0.2, 0.25) is 0 Å². The third-order valence-electron chi connectivity index (χ3n) is 5.55. The van der Waals surface area contributed by atoms with E-state index < -0.39 is 13.0 Å². The maximum absolute atomic E-state index is 14.4. The number of allylic oxidation sites excluding steroid dienone is 1. The standard InChI is InChI=1S/C25H29ClFN4O2P/c1-6-34(32,7-2)19-9-11-22(24(16-19)33-5)29-17(3)14-23(25-28-12-13-31(25)4)30-21-10-8-18(26)15-20(21)27/h8-16,29-30H,3,6-7H2,1-2,4-5H3/b23-14+. The van der Waals surface area contributed by atoms with E-state index in [1.54, 1.807) is 37.7 Å². The first-order valence-electron chi connectivity index (χ1n) is 10.8. The molecule has 0 saturated heterocycles. The number of ether oxygens (including phenoxy) is 1. The third kappa shape index (κ3) is 5.72. The summed E-state index contributed by atoms with van der Waals surface area (Å²) in [6, 6.07) is 9.91. The molecule has 0 aliphatic rings. The summed E-state index contributed by atoms with van der Waals surface area (Å²) in [4.78, 5) is 4.37. The fraction of sp³-hybridized carbons (Fsp3) is 0.240. The first-order chi connectivity index (χ1) is 16.2. The highest BCUT2D eigenvalue weighted by Gasteiger charge is 2.21. The lowest BCUT2D eigenvalue weighted by atomic mass is 10.2. The Bertz CT molecular complexity index is 1260. The molecule has 2 N–H and O–H groups in total. The van der Waals surface area contributed by atoms with Crippen molar-refractivity contribution >= 4 is 41.1 Å². The van der Waals surface area contributed by atoms with Crippen molar-refractivity contribution in [3.05, 3.63) is 83.8 Å². The molecule has 0 radical (unpaired) electrons. The number of aromatic nitrogens is 2. The number of anilines is 2. The number of nitrogens with zero attached hydrogens (tertiary/aromatic N) is 2. The van der Waals surface area contributed by atoms with E-state index in [0.29, 0.717) is 46.0 Å². The first kappa shape index (κ1) is 25.6. The summed E-state index contributed by atoms with van der Waals surface area (Å²) in [6.07, 6.45) is 6.36. The van der Waals surface area contributed by atoms with Gasteiger partial charge in [-0.3, -0.25) is 0 Å². The van der Waals surface area contributed by atoms with Crippen LogP contribution in [-0.2, 0) is 11.6 Å². The second-order valence-electron chi connectivity index (χ2n) is 7.73. The molecule has 34 heavy (non-hydrogen) atoms. The van der Waals surface area contributed by atoms with Gasteiger partial charge in [-0.25, -0.2) is 9.37 Å². The average Bonchev–Trinajstić information content (AvgIpc) is 3.25. The molecule has 2 aromatic carbocycles. The molecule has 0 spiro atoms. The Morgan fingerprint density at radius 3 is 2.50 bits per heavy atom. The van der Waals surface area contributed by atoms with Crippen molar-refractivity contribution in [2.75, 3.05) is 30.1 Å². The fourth-order valence-electron chi connectivity index (χ4n) is 3.53. The number of rotatable bonds is 10. The van der Waals surface area contributed by atoms with Crippen LogP contribution < -0.4 is 20.7 Å². The summed E-state index contributed by atoms with van der Waals surface area (Å²) in [5.41, 5.74) is 1.97. The van der Waals surface area contributed by atoms with Crippen LogP contribution in [0.15, 0.2) is 67.1 Å². The topological polar surface area (TPSA) is 68.2 Å². The minimum atomic E-state index is -2.44. The molecule has 0 saturated carbocycles. The molecule has 0 atom stereocenters. The van der Waals surface area contributed by atoms with Gasteiger partial charge in [0.05, 0.1) is 24.2 Å². The van der Waals surface area contributed by atoms with E-state index in [-0.39, 0.29) is 5.69 Å². The van der Waals surface area contributed by atoms with Crippen LogP contribution in [0.3, 0.4) is 0 Å². The van der Waals surface area contributed by atoms with Crippen molar-refractivity contribution in [3.63, 3.8) is 0 Å². The summed E-state index contributed by atoms with van der Waals surface area (Å²) < 4.78 is 34.9. The van der Waals surface area contributed by atoms with Crippen molar-refractivity contribution in [2.45, 2.75) is 13.8 Å². The molecule has 0 bridgehead atoms. The van der Waals surface area contributed by atoms with Gasteiger partial charge in [0.1, 0.15) is 18.7 Å². The lowest BCUT2D eigenvalue weighted by Crippen LogP contribution is -2.11. The van der Waals surface area contributed by atoms with E-state index in [1.807, 2.05) is 43.7 Å². The number of hydrogen-bond acceptors (Lipinski definition) is 5. The van der Waals surface area contributed by atoms with Gasteiger partial charge in [-0.2, -0.15) is 0 Å². The summed E-state index contributed by atoms with van der Waals surface area (Å²) in [5.74, 6) is 0.663. The quantitative estimate of drug-likeness (QED) is 0.250. The largest absolute Gasteiger partial charge is 0.495 e. The van der Waals surface area contributed by atoms with Crippen LogP contribution in [0.2, 0.25) is 5.02 Å². The second-order valence-corrected chi connectivity index (χ2v) is 11.7. The lowest BCUT2D eigenvalue weighted by molar-refractivity contribution is 0.417. The number of imidazole rings is 1. The highest BCUT2D eigenvalue weighted by Crippen LogP contribution is 2.44. The molecule has 3 rings (SSSR count). The van der Waals surface area contributed by atoms with Gasteiger partial charge in [0.25, 0.3) is 0 Å². The molecule has 0 fully saturated rings. The Balaban J connectivity index is 1.93. The number of nitrogens with one attached hydrogen (secondary N) is 2. The fourth-order valence-corrected chi connectivity index (χ4v) is 5.56. The maximum Gasteiger partial charge on any atom is 0.156 e. The Kier molecular flexibility index (Phi) is 8.24. The van der Waals surface area contributed by atoms with Crippen LogP contribution in [-0.4, -0.2) is 29.0 Å². The van der Waals surface area contributed by atoms with Gasteiger partial charge >= 0.3 is 0 Å². The van der Waals surface area contributed by atoms with Crippen LogP contribution in [0.5, 0.6) is 5.75 Å². The Morgan fingerprint density at radius 2 is 1.91 bits per heavy atom. The van der Waals surface area contributed by atoms with E-state index in [0.717, 1.165) is 5.30 Å². The van der Waals surface area contributed by atoms with Crippen LogP contribution in [0, 0.1) is 5.82 Å². The minimum Gasteiger partial charge on any atom is -0.495 e.